The van der Waals surface area contributed by atoms with Crippen LogP contribution in [0.15, 0.2) is 146 Å². The molecule has 0 saturated carbocycles. The Morgan fingerprint density at radius 1 is 0.325 bits per heavy atom. The number of aromatic nitrogens is 2. The Morgan fingerprint density at radius 2 is 0.950 bits per heavy atom. The summed E-state index contributed by atoms with van der Waals surface area (Å²) in [5.74, 6) is 0. The number of hydrogen-bond acceptors (Lipinski definition) is 0. The molecule has 40 heavy (non-hydrogen) atoms. The molecule has 0 amide bonds. The van der Waals surface area contributed by atoms with Crippen molar-refractivity contribution in [1.82, 2.24) is 9.13 Å². The molecule has 0 bridgehead atoms. The van der Waals surface area contributed by atoms with Crippen LogP contribution in [0, 0.1) is 0 Å². The quantitative estimate of drug-likeness (QED) is 0.210. The van der Waals surface area contributed by atoms with Gasteiger partial charge in [-0.05, 0) is 82.6 Å². The smallest absolute Gasteiger partial charge is 0.0553 e. The summed E-state index contributed by atoms with van der Waals surface area (Å²) >= 11 is 0. The number of hydrogen-bond donors (Lipinski definition) is 0. The van der Waals surface area contributed by atoms with Crippen LogP contribution in [0.4, 0.5) is 0 Å². The van der Waals surface area contributed by atoms with E-state index in [-0.39, 0.29) is 0 Å². The summed E-state index contributed by atoms with van der Waals surface area (Å²) in [7, 11) is 0. The van der Waals surface area contributed by atoms with Crippen molar-refractivity contribution >= 4 is 54.4 Å². The molecule has 186 valence electrons. The fourth-order valence-electron chi connectivity index (χ4n) is 6.72. The summed E-state index contributed by atoms with van der Waals surface area (Å²) < 4.78 is 4.80. The van der Waals surface area contributed by atoms with E-state index in [4.69, 9.17) is 0 Å². The van der Waals surface area contributed by atoms with Crippen LogP contribution in [0.3, 0.4) is 0 Å². The minimum atomic E-state index is 1.18. The first-order valence-corrected chi connectivity index (χ1v) is 13.8. The van der Waals surface area contributed by atoms with Crippen molar-refractivity contribution in [2.75, 3.05) is 0 Å². The van der Waals surface area contributed by atoms with Gasteiger partial charge in [0.25, 0.3) is 0 Å². The fraction of sp³-hybridized carbons (Fsp3) is 0. The molecule has 9 aromatic rings. The number of benzene rings is 7. The molecule has 0 atom stereocenters. The minimum Gasteiger partial charge on any atom is -0.309 e. The Balaban J connectivity index is 1.35. The van der Waals surface area contributed by atoms with Crippen LogP contribution in [-0.4, -0.2) is 9.13 Å². The average molecular weight is 509 g/mol. The number of fused-ring (bicyclic) bond motifs is 3. The lowest BCUT2D eigenvalue weighted by Gasteiger charge is -2.10. The van der Waals surface area contributed by atoms with Gasteiger partial charge >= 0.3 is 0 Å². The Hall–Kier alpha value is -5.34. The van der Waals surface area contributed by atoms with Gasteiger partial charge in [0, 0.05) is 32.9 Å². The largest absolute Gasteiger partial charge is 0.309 e. The van der Waals surface area contributed by atoms with Crippen LogP contribution in [-0.2, 0) is 0 Å². The topological polar surface area (TPSA) is 9.86 Å². The monoisotopic (exact) mass is 508 g/mol. The average Bonchev–Trinajstić information content (AvgIpc) is 3.54. The van der Waals surface area contributed by atoms with Gasteiger partial charge in [0.2, 0.25) is 0 Å². The Kier molecular flexibility index (Phi) is 4.36. The molecule has 2 nitrogen and oxygen atoms in total. The van der Waals surface area contributed by atoms with E-state index in [0.717, 1.165) is 0 Å². The highest BCUT2D eigenvalue weighted by Crippen LogP contribution is 2.42. The lowest BCUT2D eigenvalue weighted by Crippen LogP contribution is -1.93. The normalized spacial score (nSPS) is 12.0. The van der Waals surface area contributed by atoms with Gasteiger partial charge in [-0.25, -0.2) is 0 Å². The van der Waals surface area contributed by atoms with Gasteiger partial charge in [0.15, 0.2) is 0 Å². The SMILES string of the molecule is c1ccc(-n2c3ccccc3c3cc(-c4cc5ccc6cccc7c6c5c(c4)n7-c4ccccc4)ccc32)cc1. The van der Waals surface area contributed by atoms with Gasteiger partial charge in [0.1, 0.15) is 0 Å². The van der Waals surface area contributed by atoms with Crippen molar-refractivity contribution in [3.8, 4) is 22.5 Å². The van der Waals surface area contributed by atoms with Crippen molar-refractivity contribution in [2.45, 2.75) is 0 Å². The highest BCUT2D eigenvalue weighted by molar-refractivity contribution is 6.25. The predicted octanol–water partition coefficient (Wildman–Crippen LogP) is 10.1. The molecule has 0 N–H and O–H groups in total. The van der Waals surface area contributed by atoms with Crippen LogP contribution in [0.2, 0.25) is 0 Å². The van der Waals surface area contributed by atoms with Crippen molar-refractivity contribution in [3.63, 3.8) is 0 Å². The van der Waals surface area contributed by atoms with Crippen molar-refractivity contribution < 1.29 is 0 Å². The van der Waals surface area contributed by atoms with Gasteiger partial charge in [-0.3, -0.25) is 0 Å². The molecule has 0 radical (unpaired) electrons. The fourth-order valence-corrected chi connectivity index (χ4v) is 6.72. The maximum atomic E-state index is 2.42. The minimum absolute atomic E-state index is 1.18. The number of rotatable bonds is 3. The van der Waals surface area contributed by atoms with Gasteiger partial charge in [-0.15, -0.1) is 0 Å². The second-order valence-corrected chi connectivity index (χ2v) is 10.6. The molecule has 0 saturated heterocycles. The van der Waals surface area contributed by atoms with E-state index in [1.807, 2.05) is 0 Å². The van der Waals surface area contributed by atoms with E-state index in [1.54, 1.807) is 0 Å². The lowest BCUT2D eigenvalue weighted by atomic mass is 9.96. The molecule has 0 aliphatic rings. The molecule has 0 aliphatic carbocycles. The van der Waals surface area contributed by atoms with E-state index in [9.17, 15) is 0 Å². The molecule has 2 heterocycles. The van der Waals surface area contributed by atoms with E-state index in [1.165, 1.54) is 76.9 Å². The molecule has 7 aromatic carbocycles. The molecular weight excluding hydrogens is 484 g/mol. The Bertz CT molecular complexity index is 2360. The summed E-state index contributed by atoms with van der Waals surface area (Å²) in [6, 6.07) is 53.0. The summed E-state index contributed by atoms with van der Waals surface area (Å²) in [5, 5.41) is 7.78. The van der Waals surface area contributed by atoms with Crippen LogP contribution in [0.5, 0.6) is 0 Å². The molecule has 0 spiro atoms. The van der Waals surface area contributed by atoms with Crippen LogP contribution < -0.4 is 0 Å². The summed E-state index contributed by atoms with van der Waals surface area (Å²) in [5.41, 5.74) is 9.78. The second-order valence-electron chi connectivity index (χ2n) is 10.6. The Morgan fingerprint density at radius 3 is 1.75 bits per heavy atom. The molecule has 9 rings (SSSR count). The zero-order valence-corrected chi connectivity index (χ0v) is 21.8. The third kappa shape index (κ3) is 2.93. The molecule has 0 aliphatic heterocycles. The lowest BCUT2D eigenvalue weighted by molar-refractivity contribution is 1.18. The van der Waals surface area contributed by atoms with E-state index < -0.39 is 0 Å². The third-order valence-electron chi connectivity index (χ3n) is 8.43. The first kappa shape index (κ1) is 21.6. The molecule has 0 unspecified atom stereocenters. The third-order valence-corrected chi connectivity index (χ3v) is 8.43. The Labute approximate surface area is 231 Å². The van der Waals surface area contributed by atoms with E-state index in [0.29, 0.717) is 0 Å². The number of para-hydroxylation sites is 3. The van der Waals surface area contributed by atoms with Gasteiger partial charge in [-0.2, -0.15) is 0 Å². The van der Waals surface area contributed by atoms with Gasteiger partial charge in [0.05, 0.1) is 22.1 Å². The standard InChI is InChI=1S/C38H24N2/c1-3-11-29(12-4-1)39-33-16-8-7-15-31(33)32-23-26(20-21-34(32)39)28-22-27-19-18-25-10-9-17-35-37(25)38(27)36(24-28)40(35)30-13-5-2-6-14-30/h1-24H. The van der Waals surface area contributed by atoms with E-state index >= 15 is 0 Å². The van der Waals surface area contributed by atoms with Crippen molar-refractivity contribution in [2.24, 2.45) is 0 Å². The molecule has 2 heteroatoms. The van der Waals surface area contributed by atoms with Crippen LogP contribution >= 0.6 is 0 Å². The van der Waals surface area contributed by atoms with Crippen molar-refractivity contribution in [3.05, 3.63) is 146 Å². The highest BCUT2D eigenvalue weighted by atomic mass is 15.0. The maximum Gasteiger partial charge on any atom is 0.0553 e. The maximum absolute atomic E-state index is 2.42. The predicted molar refractivity (Wildman–Crippen MR) is 169 cm³/mol. The first-order chi connectivity index (χ1) is 19.8. The molecular formula is C38H24N2. The second kappa shape index (κ2) is 8.08. The number of nitrogens with zero attached hydrogens (tertiary/aromatic N) is 2. The molecule has 2 aromatic heterocycles. The van der Waals surface area contributed by atoms with Gasteiger partial charge < -0.3 is 9.13 Å². The summed E-state index contributed by atoms with van der Waals surface area (Å²) in [4.78, 5) is 0. The zero-order valence-electron chi connectivity index (χ0n) is 21.8. The zero-order chi connectivity index (χ0) is 26.2. The summed E-state index contributed by atoms with van der Waals surface area (Å²) in [6.45, 7) is 0. The van der Waals surface area contributed by atoms with Crippen LogP contribution in [0.1, 0.15) is 0 Å². The van der Waals surface area contributed by atoms with Gasteiger partial charge in [-0.1, -0.05) is 84.9 Å². The highest BCUT2D eigenvalue weighted by Gasteiger charge is 2.18. The summed E-state index contributed by atoms with van der Waals surface area (Å²) in [6.07, 6.45) is 0. The van der Waals surface area contributed by atoms with Crippen LogP contribution in [0.25, 0.3) is 76.9 Å². The van der Waals surface area contributed by atoms with E-state index in [2.05, 4.69) is 155 Å². The van der Waals surface area contributed by atoms with Crippen molar-refractivity contribution in [1.29, 1.82) is 0 Å². The first-order valence-electron chi connectivity index (χ1n) is 13.8. The molecule has 0 fully saturated rings.